The Morgan fingerprint density at radius 1 is 1.15 bits per heavy atom. The van der Waals surface area contributed by atoms with Gasteiger partial charge in [-0.1, -0.05) is 25.1 Å². The van der Waals surface area contributed by atoms with E-state index in [2.05, 4.69) is 11.8 Å². The lowest BCUT2D eigenvalue weighted by Gasteiger charge is -2.34. The molecule has 0 aromatic heterocycles. The molecule has 1 amide bonds. The Balaban J connectivity index is 1.66. The number of carbonyl (C=O) groups is 1. The number of amides is 1. The van der Waals surface area contributed by atoms with Crippen LogP contribution in [0, 0.1) is 0 Å². The summed E-state index contributed by atoms with van der Waals surface area (Å²) < 4.78 is 5.57. The van der Waals surface area contributed by atoms with Crippen LogP contribution in [0.3, 0.4) is 0 Å². The van der Waals surface area contributed by atoms with Crippen LogP contribution in [-0.2, 0) is 4.79 Å². The lowest BCUT2D eigenvalue weighted by Crippen LogP contribution is -2.49. The Labute approximate surface area is 121 Å². The van der Waals surface area contributed by atoms with Crippen molar-refractivity contribution in [1.82, 2.24) is 9.80 Å². The molecular weight excluding hydrogens is 252 g/mol. The standard InChI is InChI=1S/C16H24N2O2/c1-2-9-17-10-12-18(13-11-17)16(19)8-14-20-15-6-4-3-5-7-15/h3-7H,2,8-14H2,1H3. The van der Waals surface area contributed by atoms with Gasteiger partial charge in [0.2, 0.25) is 5.91 Å². The first kappa shape index (κ1) is 14.9. The summed E-state index contributed by atoms with van der Waals surface area (Å²) in [6.07, 6.45) is 1.64. The van der Waals surface area contributed by atoms with Crippen LogP contribution in [0.25, 0.3) is 0 Å². The lowest BCUT2D eigenvalue weighted by atomic mass is 10.2. The van der Waals surface area contributed by atoms with E-state index < -0.39 is 0 Å². The first-order chi connectivity index (χ1) is 9.79. The maximum absolute atomic E-state index is 12.1. The molecule has 1 aliphatic heterocycles. The third kappa shape index (κ3) is 4.53. The number of nitrogens with zero attached hydrogens (tertiary/aromatic N) is 2. The Kier molecular flexibility index (Phi) is 5.87. The van der Waals surface area contributed by atoms with Gasteiger partial charge < -0.3 is 9.64 Å². The van der Waals surface area contributed by atoms with E-state index in [0.29, 0.717) is 13.0 Å². The van der Waals surface area contributed by atoms with Gasteiger partial charge in [0.25, 0.3) is 0 Å². The van der Waals surface area contributed by atoms with Crippen molar-refractivity contribution in [2.75, 3.05) is 39.3 Å². The fourth-order valence-electron chi connectivity index (χ4n) is 2.47. The van der Waals surface area contributed by atoms with Crippen LogP contribution in [0.1, 0.15) is 19.8 Å². The minimum atomic E-state index is 0.206. The highest BCUT2D eigenvalue weighted by Gasteiger charge is 2.20. The van der Waals surface area contributed by atoms with Gasteiger partial charge in [-0.2, -0.15) is 0 Å². The van der Waals surface area contributed by atoms with Crippen molar-refractivity contribution in [3.05, 3.63) is 30.3 Å². The van der Waals surface area contributed by atoms with E-state index in [9.17, 15) is 4.79 Å². The average molecular weight is 276 g/mol. The molecule has 0 spiro atoms. The first-order valence-corrected chi connectivity index (χ1v) is 7.47. The van der Waals surface area contributed by atoms with Crippen molar-refractivity contribution in [2.45, 2.75) is 19.8 Å². The smallest absolute Gasteiger partial charge is 0.226 e. The van der Waals surface area contributed by atoms with E-state index in [-0.39, 0.29) is 5.91 Å². The molecule has 1 saturated heterocycles. The number of hydrogen-bond acceptors (Lipinski definition) is 3. The minimum Gasteiger partial charge on any atom is -0.493 e. The van der Waals surface area contributed by atoms with Gasteiger partial charge in [0.15, 0.2) is 0 Å². The van der Waals surface area contributed by atoms with Gasteiger partial charge in [0.05, 0.1) is 13.0 Å². The second-order valence-electron chi connectivity index (χ2n) is 5.13. The summed E-state index contributed by atoms with van der Waals surface area (Å²) in [5, 5.41) is 0. The largest absolute Gasteiger partial charge is 0.493 e. The quantitative estimate of drug-likeness (QED) is 0.797. The van der Waals surface area contributed by atoms with Crippen LogP contribution in [0.2, 0.25) is 0 Å². The van der Waals surface area contributed by atoms with Gasteiger partial charge in [0.1, 0.15) is 5.75 Å². The molecule has 2 rings (SSSR count). The van der Waals surface area contributed by atoms with Crippen LogP contribution in [-0.4, -0.2) is 55.0 Å². The molecule has 0 radical (unpaired) electrons. The van der Waals surface area contributed by atoms with E-state index in [4.69, 9.17) is 4.74 Å². The SMILES string of the molecule is CCCN1CCN(C(=O)CCOc2ccccc2)CC1. The van der Waals surface area contributed by atoms with E-state index in [1.807, 2.05) is 35.2 Å². The molecule has 4 heteroatoms. The van der Waals surface area contributed by atoms with Crippen LogP contribution in [0.15, 0.2) is 30.3 Å². The average Bonchev–Trinajstić information content (AvgIpc) is 2.49. The monoisotopic (exact) mass is 276 g/mol. The molecule has 110 valence electrons. The molecule has 4 nitrogen and oxygen atoms in total. The van der Waals surface area contributed by atoms with Crippen molar-refractivity contribution in [3.8, 4) is 5.75 Å². The maximum Gasteiger partial charge on any atom is 0.226 e. The number of hydrogen-bond donors (Lipinski definition) is 0. The Hall–Kier alpha value is -1.55. The topological polar surface area (TPSA) is 32.8 Å². The number of benzene rings is 1. The van der Waals surface area contributed by atoms with Crippen molar-refractivity contribution in [3.63, 3.8) is 0 Å². The number of para-hydroxylation sites is 1. The first-order valence-electron chi connectivity index (χ1n) is 7.47. The fraction of sp³-hybridized carbons (Fsp3) is 0.562. The molecule has 0 atom stereocenters. The van der Waals surface area contributed by atoms with Crippen LogP contribution in [0.5, 0.6) is 5.75 Å². The van der Waals surface area contributed by atoms with Crippen molar-refractivity contribution in [2.24, 2.45) is 0 Å². The minimum absolute atomic E-state index is 0.206. The molecule has 20 heavy (non-hydrogen) atoms. The zero-order chi connectivity index (χ0) is 14.2. The Bertz CT molecular complexity index is 400. The highest BCUT2D eigenvalue weighted by molar-refractivity contribution is 5.76. The van der Waals surface area contributed by atoms with Crippen molar-refractivity contribution in [1.29, 1.82) is 0 Å². The molecule has 0 N–H and O–H groups in total. The normalized spacial score (nSPS) is 16.1. The summed E-state index contributed by atoms with van der Waals surface area (Å²) in [7, 11) is 0. The highest BCUT2D eigenvalue weighted by atomic mass is 16.5. The summed E-state index contributed by atoms with van der Waals surface area (Å²) in [5.74, 6) is 1.03. The molecule has 1 heterocycles. The summed E-state index contributed by atoms with van der Waals surface area (Å²) >= 11 is 0. The molecular formula is C16H24N2O2. The number of rotatable bonds is 6. The molecule has 1 aromatic carbocycles. The number of carbonyl (C=O) groups excluding carboxylic acids is 1. The second kappa shape index (κ2) is 7.90. The third-order valence-electron chi connectivity index (χ3n) is 3.59. The van der Waals surface area contributed by atoms with Gasteiger partial charge in [-0.05, 0) is 25.1 Å². The lowest BCUT2D eigenvalue weighted by molar-refractivity contribution is -0.133. The van der Waals surface area contributed by atoms with Gasteiger partial charge in [-0.15, -0.1) is 0 Å². The maximum atomic E-state index is 12.1. The van der Waals surface area contributed by atoms with E-state index in [1.54, 1.807) is 0 Å². The van der Waals surface area contributed by atoms with Gasteiger partial charge in [-0.3, -0.25) is 9.69 Å². The van der Waals surface area contributed by atoms with Gasteiger partial charge in [0, 0.05) is 26.2 Å². The van der Waals surface area contributed by atoms with E-state index >= 15 is 0 Å². The van der Waals surface area contributed by atoms with E-state index in [1.165, 1.54) is 6.42 Å². The summed E-state index contributed by atoms with van der Waals surface area (Å²) in [4.78, 5) is 16.5. The Morgan fingerprint density at radius 3 is 2.50 bits per heavy atom. The van der Waals surface area contributed by atoms with Crippen molar-refractivity contribution < 1.29 is 9.53 Å². The summed E-state index contributed by atoms with van der Waals surface area (Å²) in [5.41, 5.74) is 0. The summed E-state index contributed by atoms with van der Waals surface area (Å²) in [6.45, 7) is 7.49. The number of piperazine rings is 1. The molecule has 1 aromatic rings. The predicted octanol–water partition coefficient (Wildman–Crippen LogP) is 2.01. The summed E-state index contributed by atoms with van der Waals surface area (Å²) in [6, 6.07) is 9.64. The molecule has 0 unspecified atom stereocenters. The van der Waals surface area contributed by atoms with Crippen LogP contribution < -0.4 is 4.74 Å². The third-order valence-corrected chi connectivity index (χ3v) is 3.59. The highest BCUT2D eigenvalue weighted by Crippen LogP contribution is 2.09. The van der Waals surface area contributed by atoms with Crippen LogP contribution >= 0.6 is 0 Å². The molecule has 1 fully saturated rings. The molecule has 0 saturated carbocycles. The van der Waals surface area contributed by atoms with Gasteiger partial charge in [-0.25, -0.2) is 0 Å². The zero-order valence-electron chi connectivity index (χ0n) is 12.3. The van der Waals surface area contributed by atoms with E-state index in [0.717, 1.165) is 38.5 Å². The molecule has 0 aliphatic carbocycles. The number of ether oxygens (including phenoxy) is 1. The molecule has 0 bridgehead atoms. The zero-order valence-corrected chi connectivity index (χ0v) is 12.3. The second-order valence-corrected chi connectivity index (χ2v) is 5.13. The Morgan fingerprint density at radius 2 is 1.85 bits per heavy atom. The fourth-order valence-corrected chi connectivity index (χ4v) is 2.47. The predicted molar refractivity (Wildman–Crippen MR) is 79.9 cm³/mol. The molecule has 1 aliphatic rings. The van der Waals surface area contributed by atoms with Crippen molar-refractivity contribution >= 4 is 5.91 Å². The van der Waals surface area contributed by atoms with Crippen LogP contribution in [0.4, 0.5) is 0 Å². The van der Waals surface area contributed by atoms with Gasteiger partial charge >= 0.3 is 0 Å².